The van der Waals surface area contributed by atoms with Gasteiger partial charge in [-0.25, -0.2) is 4.79 Å². The summed E-state index contributed by atoms with van der Waals surface area (Å²) in [6.45, 7) is 0. The zero-order chi connectivity index (χ0) is 13.0. The van der Waals surface area contributed by atoms with E-state index >= 15 is 0 Å². The summed E-state index contributed by atoms with van der Waals surface area (Å²) in [5.41, 5.74) is 0.830. The van der Waals surface area contributed by atoms with Crippen molar-refractivity contribution in [3.8, 4) is 0 Å². The molecule has 0 fully saturated rings. The normalized spacial score (nSPS) is 12.1. The fourth-order valence-electron chi connectivity index (χ4n) is 1.46. The molecule has 1 aromatic rings. The number of carbonyl (C=O) groups is 2. The first-order valence-corrected chi connectivity index (χ1v) is 5.91. The predicted molar refractivity (Wildman–Crippen MR) is 67.7 cm³/mol. The SMILES string of the molecule is O=C(O)CCc1c(I)cccc1C(O)C(=O)O. The van der Waals surface area contributed by atoms with Gasteiger partial charge in [0.05, 0.1) is 0 Å². The van der Waals surface area contributed by atoms with Gasteiger partial charge in [0.2, 0.25) is 0 Å². The van der Waals surface area contributed by atoms with Gasteiger partial charge >= 0.3 is 11.9 Å². The van der Waals surface area contributed by atoms with Crippen molar-refractivity contribution in [3.05, 3.63) is 32.9 Å². The highest BCUT2D eigenvalue weighted by molar-refractivity contribution is 14.1. The molecule has 1 atom stereocenters. The van der Waals surface area contributed by atoms with Crippen LogP contribution in [0.4, 0.5) is 0 Å². The Labute approximate surface area is 111 Å². The number of aliphatic hydroxyl groups is 1. The van der Waals surface area contributed by atoms with Crippen molar-refractivity contribution in [2.75, 3.05) is 0 Å². The lowest BCUT2D eigenvalue weighted by atomic mass is 9.99. The first-order valence-electron chi connectivity index (χ1n) is 4.83. The molecule has 5 nitrogen and oxygen atoms in total. The minimum atomic E-state index is -1.62. The van der Waals surface area contributed by atoms with Crippen LogP contribution in [0, 0.1) is 3.57 Å². The summed E-state index contributed by atoms with van der Waals surface area (Å²) in [7, 11) is 0. The highest BCUT2D eigenvalue weighted by atomic mass is 127. The van der Waals surface area contributed by atoms with E-state index in [0.717, 1.165) is 3.57 Å². The Morgan fingerprint density at radius 3 is 2.47 bits per heavy atom. The number of carboxylic acid groups (broad SMARTS) is 2. The molecule has 0 aliphatic rings. The van der Waals surface area contributed by atoms with E-state index in [4.69, 9.17) is 10.2 Å². The van der Waals surface area contributed by atoms with Gasteiger partial charge in [0.1, 0.15) is 0 Å². The number of aliphatic hydroxyl groups excluding tert-OH is 1. The topological polar surface area (TPSA) is 94.8 Å². The Bertz CT molecular complexity index is 443. The summed E-state index contributed by atoms with van der Waals surface area (Å²) in [6, 6.07) is 4.88. The molecule has 3 N–H and O–H groups in total. The summed E-state index contributed by atoms with van der Waals surface area (Å²) in [5, 5.41) is 26.9. The molecule has 6 heteroatoms. The molecule has 0 heterocycles. The van der Waals surface area contributed by atoms with Crippen LogP contribution in [-0.2, 0) is 16.0 Å². The van der Waals surface area contributed by atoms with Gasteiger partial charge in [-0.3, -0.25) is 4.79 Å². The zero-order valence-electron chi connectivity index (χ0n) is 8.76. The van der Waals surface area contributed by atoms with Crippen molar-refractivity contribution in [2.24, 2.45) is 0 Å². The molecule has 0 aliphatic heterocycles. The lowest BCUT2D eigenvalue weighted by Gasteiger charge is -2.13. The van der Waals surface area contributed by atoms with Crippen LogP contribution in [0.5, 0.6) is 0 Å². The fraction of sp³-hybridized carbons (Fsp3) is 0.273. The van der Waals surface area contributed by atoms with Crippen LogP contribution in [0.1, 0.15) is 23.7 Å². The third-order valence-electron chi connectivity index (χ3n) is 2.27. The second-order valence-corrected chi connectivity index (χ2v) is 4.60. The molecule has 0 saturated heterocycles. The Hall–Kier alpha value is -1.15. The van der Waals surface area contributed by atoms with E-state index in [2.05, 4.69) is 0 Å². The van der Waals surface area contributed by atoms with E-state index < -0.39 is 18.0 Å². The van der Waals surface area contributed by atoms with E-state index in [1.807, 2.05) is 22.6 Å². The third kappa shape index (κ3) is 3.67. The summed E-state index contributed by atoms with van der Waals surface area (Å²) in [4.78, 5) is 21.3. The standard InChI is InChI=1S/C11H11IO5/c12-8-3-1-2-7(10(15)11(16)17)6(8)4-5-9(13)14/h1-3,10,15H,4-5H2,(H,13,14)(H,16,17). The van der Waals surface area contributed by atoms with Gasteiger partial charge in [0.15, 0.2) is 6.10 Å². The van der Waals surface area contributed by atoms with E-state index in [1.54, 1.807) is 12.1 Å². The molecular formula is C11H11IO5. The zero-order valence-corrected chi connectivity index (χ0v) is 10.9. The van der Waals surface area contributed by atoms with Gasteiger partial charge in [-0.15, -0.1) is 0 Å². The van der Waals surface area contributed by atoms with E-state index in [0.29, 0.717) is 5.56 Å². The molecule has 0 saturated carbocycles. The highest BCUT2D eigenvalue weighted by Gasteiger charge is 2.20. The van der Waals surface area contributed by atoms with Crippen LogP contribution < -0.4 is 0 Å². The Morgan fingerprint density at radius 2 is 1.94 bits per heavy atom. The molecule has 1 rings (SSSR count). The molecule has 0 aromatic heterocycles. The van der Waals surface area contributed by atoms with Gasteiger partial charge in [-0.1, -0.05) is 12.1 Å². The van der Waals surface area contributed by atoms with E-state index in [9.17, 15) is 14.7 Å². The smallest absolute Gasteiger partial charge is 0.337 e. The molecule has 0 radical (unpaired) electrons. The monoisotopic (exact) mass is 350 g/mol. The van der Waals surface area contributed by atoms with Crippen LogP contribution in [0.25, 0.3) is 0 Å². The first kappa shape index (κ1) is 13.9. The molecule has 0 spiro atoms. The number of halogens is 1. The second-order valence-electron chi connectivity index (χ2n) is 3.44. The lowest BCUT2D eigenvalue weighted by molar-refractivity contribution is -0.147. The van der Waals surface area contributed by atoms with Gasteiger partial charge in [0, 0.05) is 9.99 Å². The Kier molecular flexibility index (Phi) is 4.88. The third-order valence-corrected chi connectivity index (χ3v) is 3.28. The quantitative estimate of drug-likeness (QED) is 0.699. The van der Waals surface area contributed by atoms with Gasteiger partial charge in [-0.2, -0.15) is 0 Å². The van der Waals surface area contributed by atoms with Crippen molar-refractivity contribution in [3.63, 3.8) is 0 Å². The number of hydrogen-bond acceptors (Lipinski definition) is 3. The van der Waals surface area contributed by atoms with Gasteiger partial charge < -0.3 is 15.3 Å². The Morgan fingerprint density at radius 1 is 1.29 bits per heavy atom. The molecule has 0 aliphatic carbocycles. The van der Waals surface area contributed by atoms with Crippen molar-refractivity contribution >= 4 is 34.5 Å². The van der Waals surface area contributed by atoms with Gasteiger partial charge in [-0.05, 0) is 46.2 Å². The van der Waals surface area contributed by atoms with Crippen LogP contribution >= 0.6 is 22.6 Å². The van der Waals surface area contributed by atoms with Crippen molar-refractivity contribution in [1.29, 1.82) is 0 Å². The molecule has 1 aromatic carbocycles. The van der Waals surface area contributed by atoms with Crippen LogP contribution in [0.15, 0.2) is 18.2 Å². The largest absolute Gasteiger partial charge is 0.481 e. The van der Waals surface area contributed by atoms with Crippen molar-refractivity contribution in [1.82, 2.24) is 0 Å². The van der Waals surface area contributed by atoms with Crippen LogP contribution in [0.3, 0.4) is 0 Å². The predicted octanol–water partition coefficient (Wildman–Crippen LogP) is 1.43. The summed E-state index contributed by atoms with van der Waals surface area (Å²) in [6.07, 6.45) is -1.51. The first-order chi connectivity index (χ1) is 7.93. The van der Waals surface area contributed by atoms with Crippen LogP contribution in [-0.4, -0.2) is 27.3 Å². The average Bonchev–Trinajstić information content (AvgIpc) is 2.25. The molecule has 0 amide bonds. The van der Waals surface area contributed by atoms with E-state index in [-0.39, 0.29) is 18.4 Å². The second kappa shape index (κ2) is 5.97. The number of hydrogen-bond donors (Lipinski definition) is 3. The number of carboxylic acids is 2. The minimum Gasteiger partial charge on any atom is -0.481 e. The maximum absolute atomic E-state index is 10.7. The summed E-state index contributed by atoms with van der Waals surface area (Å²) in [5.74, 6) is -2.30. The lowest BCUT2D eigenvalue weighted by Crippen LogP contribution is -2.14. The maximum atomic E-state index is 10.7. The van der Waals surface area contributed by atoms with Gasteiger partial charge in [0.25, 0.3) is 0 Å². The molecular weight excluding hydrogens is 339 g/mol. The van der Waals surface area contributed by atoms with Crippen LogP contribution in [0.2, 0.25) is 0 Å². The Balaban J connectivity index is 3.07. The van der Waals surface area contributed by atoms with Crippen molar-refractivity contribution < 1.29 is 24.9 Å². The number of benzene rings is 1. The molecule has 92 valence electrons. The number of aliphatic carboxylic acids is 2. The minimum absolute atomic E-state index is 0.0979. The summed E-state index contributed by atoms with van der Waals surface area (Å²) < 4.78 is 0.752. The molecule has 17 heavy (non-hydrogen) atoms. The fourth-order valence-corrected chi connectivity index (χ4v) is 2.25. The number of rotatable bonds is 5. The highest BCUT2D eigenvalue weighted by Crippen LogP contribution is 2.24. The summed E-state index contributed by atoms with van der Waals surface area (Å²) >= 11 is 1.99. The molecule has 1 unspecified atom stereocenters. The van der Waals surface area contributed by atoms with E-state index in [1.165, 1.54) is 6.07 Å². The maximum Gasteiger partial charge on any atom is 0.337 e. The molecule has 0 bridgehead atoms. The average molecular weight is 350 g/mol. The van der Waals surface area contributed by atoms with Crippen molar-refractivity contribution in [2.45, 2.75) is 18.9 Å².